The molecule has 0 atom stereocenters. The maximum Gasteiger partial charge on any atom is 0.263 e. The highest BCUT2D eigenvalue weighted by molar-refractivity contribution is 5.91. The van der Waals surface area contributed by atoms with Gasteiger partial charge in [0.05, 0.1) is 17.6 Å². The van der Waals surface area contributed by atoms with Crippen LogP contribution in [0.3, 0.4) is 0 Å². The zero-order valence-electron chi connectivity index (χ0n) is 17.3. The van der Waals surface area contributed by atoms with Gasteiger partial charge in [-0.2, -0.15) is 0 Å². The van der Waals surface area contributed by atoms with E-state index in [1.165, 1.54) is 24.5 Å². The summed E-state index contributed by atoms with van der Waals surface area (Å²) in [5, 5.41) is 0. The molecule has 3 heterocycles. The second kappa shape index (κ2) is 8.60. The molecule has 158 valence electrons. The van der Waals surface area contributed by atoms with Gasteiger partial charge in [0.2, 0.25) is 0 Å². The molecule has 0 N–H and O–H groups in total. The van der Waals surface area contributed by atoms with E-state index in [0.29, 0.717) is 0 Å². The third-order valence-electron chi connectivity index (χ3n) is 6.07. The number of rotatable bonds is 5. The Bertz CT molecular complexity index is 1090. The molecular formula is C26H25F2N3. The number of para-hydroxylation sites is 1. The number of pyridine rings is 1. The molecule has 3 nitrogen and oxygen atoms in total. The summed E-state index contributed by atoms with van der Waals surface area (Å²) >= 11 is 0. The van der Waals surface area contributed by atoms with Crippen LogP contribution in [0.2, 0.25) is 0 Å². The molecule has 0 unspecified atom stereocenters. The van der Waals surface area contributed by atoms with Crippen LogP contribution in [0.4, 0.5) is 20.2 Å². The summed E-state index contributed by atoms with van der Waals surface area (Å²) in [6.07, 6.45) is 4.81. The zero-order valence-corrected chi connectivity index (χ0v) is 17.3. The van der Waals surface area contributed by atoms with E-state index in [0.717, 1.165) is 54.4 Å². The fraction of sp³-hybridized carbons (Fsp3) is 0.269. The SMILES string of the molecule is FC(F)c1cccc(C2=CCc3ccccc3N2c2ccc(CN3CCCC3)nc2)c1. The van der Waals surface area contributed by atoms with Gasteiger partial charge in [-0.15, -0.1) is 0 Å². The molecule has 0 amide bonds. The number of alkyl halides is 2. The van der Waals surface area contributed by atoms with Gasteiger partial charge >= 0.3 is 0 Å². The van der Waals surface area contributed by atoms with Gasteiger partial charge in [0.15, 0.2) is 0 Å². The molecule has 31 heavy (non-hydrogen) atoms. The molecule has 2 aromatic carbocycles. The van der Waals surface area contributed by atoms with Crippen LogP contribution in [0, 0.1) is 0 Å². The van der Waals surface area contributed by atoms with Gasteiger partial charge in [0.25, 0.3) is 6.43 Å². The Morgan fingerprint density at radius 3 is 2.55 bits per heavy atom. The molecule has 3 aromatic rings. The number of nitrogens with zero attached hydrogens (tertiary/aromatic N) is 3. The largest absolute Gasteiger partial charge is 0.308 e. The van der Waals surface area contributed by atoms with Crippen LogP contribution in [0.15, 0.2) is 72.9 Å². The van der Waals surface area contributed by atoms with E-state index in [9.17, 15) is 8.78 Å². The van der Waals surface area contributed by atoms with Gasteiger partial charge in [-0.3, -0.25) is 9.88 Å². The van der Waals surface area contributed by atoms with Crippen molar-refractivity contribution in [3.63, 3.8) is 0 Å². The molecule has 0 bridgehead atoms. The van der Waals surface area contributed by atoms with Crippen molar-refractivity contribution in [2.45, 2.75) is 32.2 Å². The Morgan fingerprint density at radius 2 is 1.77 bits per heavy atom. The Kier molecular flexibility index (Phi) is 5.51. The van der Waals surface area contributed by atoms with E-state index in [4.69, 9.17) is 4.98 Å². The first-order chi connectivity index (χ1) is 15.2. The normalized spacial score (nSPS) is 16.5. The monoisotopic (exact) mass is 417 g/mol. The second-order valence-corrected chi connectivity index (χ2v) is 8.17. The van der Waals surface area contributed by atoms with Gasteiger partial charge in [0.1, 0.15) is 0 Å². The summed E-state index contributed by atoms with van der Waals surface area (Å²) in [5.74, 6) is 0. The van der Waals surface area contributed by atoms with E-state index in [1.54, 1.807) is 12.1 Å². The van der Waals surface area contributed by atoms with Crippen LogP contribution in [-0.2, 0) is 13.0 Å². The van der Waals surface area contributed by atoms with Crippen molar-refractivity contribution in [2.75, 3.05) is 18.0 Å². The number of hydrogen-bond donors (Lipinski definition) is 0. The van der Waals surface area contributed by atoms with Crippen LogP contribution in [0.1, 0.15) is 41.7 Å². The van der Waals surface area contributed by atoms with E-state index in [-0.39, 0.29) is 5.56 Å². The molecular weight excluding hydrogens is 392 g/mol. The molecule has 2 aliphatic rings. The predicted molar refractivity (Wildman–Crippen MR) is 120 cm³/mol. The molecule has 2 aliphatic heterocycles. The van der Waals surface area contributed by atoms with Gasteiger partial charge in [0, 0.05) is 23.5 Å². The maximum absolute atomic E-state index is 13.3. The van der Waals surface area contributed by atoms with Crippen molar-refractivity contribution in [3.05, 3.63) is 95.3 Å². The smallest absolute Gasteiger partial charge is 0.263 e. The molecule has 1 aromatic heterocycles. The highest BCUT2D eigenvalue weighted by Crippen LogP contribution is 2.40. The molecule has 1 saturated heterocycles. The summed E-state index contributed by atoms with van der Waals surface area (Å²) in [5.41, 5.74) is 6.00. The highest BCUT2D eigenvalue weighted by Gasteiger charge is 2.24. The van der Waals surface area contributed by atoms with Crippen molar-refractivity contribution in [3.8, 4) is 0 Å². The first-order valence-corrected chi connectivity index (χ1v) is 10.8. The Morgan fingerprint density at radius 1 is 0.935 bits per heavy atom. The Hall–Kier alpha value is -3.05. The number of allylic oxidation sites excluding steroid dienone is 1. The molecule has 5 heteroatoms. The average Bonchev–Trinajstić information content (AvgIpc) is 3.32. The third kappa shape index (κ3) is 4.10. The molecule has 5 rings (SSSR count). The van der Waals surface area contributed by atoms with Gasteiger partial charge in [-0.25, -0.2) is 8.78 Å². The third-order valence-corrected chi connectivity index (χ3v) is 6.07. The fourth-order valence-corrected chi connectivity index (χ4v) is 4.50. The van der Waals surface area contributed by atoms with E-state index in [1.807, 2.05) is 24.4 Å². The summed E-state index contributed by atoms with van der Waals surface area (Å²) in [6.45, 7) is 3.14. The standard InChI is InChI=1S/C26H25F2N3/c27-26(28)21-8-5-7-20(16-21)25-13-10-19-6-1-2-9-24(19)31(25)23-12-11-22(29-17-23)18-30-14-3-4-15-30/h1-2,5-9,11-13,16-17,26H,3-4,10,14-15,18H2. The lowest BCUT2D eigenvalue weighted by atomic mass is 9.97. The number of likely N-dealkylation sites (tertiary alicyclic amines) is 1. The van der Waals surface area contributed by atoms with Crippen molar-refractivity contribution in [2.24, 2.45) is 0 Å². The van der Waals surface area contributed by atoms with Gasteiger partial charge < -0.3 is 4.90 Å². The lowest BCUT2D eigenvalue weighted by Gasteiger charge is -2.33. The van der Waals surface area contributed by atoms with E-state index >= 15 is 0 Å². The lowest BCUT2D eigenvalue weighted by Crippen LogP contribution is -2.21. The Balaban J connectivity index is 1.51. The number of fused-ring (bicyclic) bond motifs is 1. The van der Waals surface area contributed by atoms with Crippen LogP contribution in [0.5, 0.6) is 0 Å². The topological polar surface area (TPSA) is 19.4 Å². The average molecular weight is 418 g/mol. The molecule has 0 spiro atoms. The Labute approximate surface area is 181 Å². The van der Waals surface area contributed by atoms with E-state index < -0.39 is 6.43 Å². The van der Waals surface area contributed by atoms with Crippen LogP contribution in [-0.4, -0.2) is 23.0 Å². The van der Waals surface area contributed by atoms with Gasteiger partial charge in [-0.1, -0.05) is 42.5 Å². The first-order valence-electron chi connectivity index (χ1n) is 10.8. The maximum atomic E-state index is 13.3. The summed E-state index contributed by atoms with van der Waals surface area (Å²) in [6, 6.07) is 19.1. The lowest BCUT2D eigenvalue weighted by molar-refractivity contribution is 0.151. The van der Waals surface area contributed by atoms with Crippen LogP contribution >= 0.6 is 0 Å². The van der Waals surface area contributed by atoms with Crippen molar-refractivity contribution in [1.82, 2.24) is 9.88 Å². The molecule has 0 radical (unpaired) electrons. The summed E-state index contributed by atoms with van der Waals surface area (Å²) in [7, 11) is 0. The highest BCUT2D eigenvalue weighted by atomic mass is 19.3. The summed E-state index contributed by atoms with van der Waals surface area (Å²) < 4.78 is 26.7. The molecule has 0 aliphatic carbocycles. The summed E-state index contributed by atoms with van der Waals surface area (Å²) in [4.78, 5) is 9.30. The van der Waals surface area contributed by atoms with E-state index in [2.05, 4.69) is 40.1 Å². The van der Waals surface area contributed by atoms with Gasteiger partial charge in [-0.05, 0) is 67.7 Å². The minimum atomic E-state index is -2.49. The van der Waals surface area contributed by atoms with Crippen molar-refractivity contribution in [1.29, 1.82) is 0 Å². The fourth-order valence-electron chi connectivity index (χ4n) is 4.50. The number of hydrogen-bond acceptors (Lipinski definition) is 3. The van der Waals surface area contributed by atoms with Crippen LogP contribution < -0.4 is 4.90 Å². The minimum absolute atomic E-state index is 0.0382. The molecule has 0 saturated carbocycles. The molecule has 1 fully saturated rings. The number of aromatic nitrogens is 1. The van der Waals surface area contributed by atoms with Crippen molar-refractivity contribution >= 4 is 17.1 Å². The first kappa shape index (κ1) is 19.9. The minimum Gasteiger partial charge on any atom is -0.308 e. The number of anilines is 2. The van der Waals surface area contributed by atoms with Crippen LogP contribution in [0.25, 0.3) is 5.70 Å². The number of halogens is 2. The second-order valence-electron chi connectivity index (χ2n) is 8.17. The quantitative estimate of drug-likeness (QED) is 0.482. The number of benzene rings is 2. The zero-order chi connectivity index (χ0) is 21.2. The predicted octanol–water partition coefficient (Wildman–Crippen LogP) is 6.35. The van der Waals surface area contributed by atoms with Crippen molar-refractivity contribution < 1.29 is 8.78 Å².